The summed E-state index contributed by atoms with van der Waals surface area (Å²) in [6.45, 7) is 3.95. The molecule has 1 fully saturated rings. The molecular formula is C14H21N3OS. The monoisotopic (exact) mass is 279 g/mol. The molecule has 0 unspecified atom stereocenters. The molecule has 0 radical (unpaired) electrons. The van der Waals surface area contributed by atoms with Crippen LogP contribution >= 0.6 is 11.8 Å². The fourth-order valence-electron chi connectivity index (χ4n) is 2.64. The number of hydrogen-bond acceptors (Lipinski definition) is 4. The lowest BCUT2D eigenvalue weighted by molar-refractivity contribution is 0.318. The van der Waals surface area contributed by atoms with Gasteiger partial charge in [0.25, 0.3) is 0 Å². The lowest BCUT2D eigenvalue weighted by Gasteiger charge is -2.13. The van der Waals surface area contributed by atoms with E-state index in [0.717, 1.165) is 33.5 Å². The zero-order valence-electron chi connectivity index (χ0n) is 11.5. The van der Waals surface area contributed by atoms with Crippen molar-refractivity contribution in [2.24, 2.45) is 16.8 Å². The second kappa shape index (κ2) is 6.28. The van der Waals surface area contributed by atoms with Gasteiger partial charge in [-0.1, -0.05) is 18.0 Å². The Kier molecular flexibility index (Phi) is 4.69. The molecule has 4 nitrogen and oxygen atoms in total. The lowest BCUT2D eigenvalue weighted by atomic mass is 10.1. The number of oxime groups is 1. The van der Waals surface area contributed by atoms with Crippen molar-refractivity contribution < 1.29 is 5.21 Å². The van der Waals surface area contributed by atoms with E-state index in [1.54, 1.807) is 11.8 Å². The van der Waals surface area contributed by atoms with Crippen LogP contribution in [0.2, 0.25) is 0 Å². The normalized spacial score (nSPS) is 17.1. The number of aryl methyl sites for hydroxylation is 2. The van der Waals surface area contributed by atoms with Crippen LogP contribution in [0.25, 0.3) is 0 Å². The molecular weight excluding hydrogens is 258 g/mol. The maximum absolute atomic E-state index is 8.91. The van der Waals surface area contributed by atoms with Crippen molar-refractivity contribution in [3.05, 3.63) is 22.9 Å². The highest BCUT2D eigenvalue weighted by atomic mass is 32.2. The number of nitrogens with zero attached hydrogens (tertiary/aromatic N) is 2. The Morgan fingerprint density at radius 2 is 2.16 bits per heavy atom. The van der Waals surface area contributed by atoms with E-state index in [2.05, 4.69) is 10.1 Å². The van der Waals surface area contributed by atoms with Gasteiger partial charge in [-0.2, -0.15) is 0 Å². The van der Waals surface area contributed by atoms with Crippen LogP contribution in [-0.2, 0) is 0 Å². The third-order valence-corrected chi connectivity index (χ3v) is 4.81. The highest BCUT2D eigenvalue weighted by molar-refractivity contribution is 7.99. The molecule has 1 aromatic heterocycles. The molecule has 0 amide bonds. The van der Waals surface area contributed by atoms with Gasteiger partial charge in [0.1, 0.15) is 5.03 Å². The predicted octanol–water partition coefficient (Wildman–Crippen LogP) is 3.08. The Balaban J connectivity index is 2.21. The first-order valence-electron chi connectivity index (χ1n) is 6.70. The van der Waals surface area contributed by atoms with E-state index in [1.165, 1.54) is 25.7 Å². The minimum Gasteiger partial charge on any atom is -0.409 e. The highest BCUT2D eigenvalue weighted by Gasteiger charge is 2.18. The quantitative estimate of drug-likeness (QED) is 0.292. The zero-order valence-corrected chi connectivity index (χ0v) is 12.3. The molecule has 1 aliphatic rings. The van der Waals surface area contributed by atoms with E-state index in [0.29, 0.717) is 0 Å². The maximum Gasteiger partial charge on any atom is 0.173 e. The van der Waals surface area contributed by atoms with Gasteiger partial charge in [0.05, 0.1) is 5.56 Å². The van der Waals surface area contributed by atoms with Crippen LogP contribution in [0.5, 0.6) is 0 Å². The van der Waals surface area contributed by atoms with Crippen LogP contribution in [0.4, 0.5) is 0 Å². The summed E-state index contributed by atoms with van der Waals surface area (Å²) in [6.07, 6.45) is 5.32. The van der Waals surface area contributed by atoms with Gasteiger partial charge in [0.2, 0.25) is 0 Å². The van der Waals surface area contributed by atoms with Crippen LogP contribution < -0.4 is 5.73 Å². The highest BCUT2D eigenvalue weighted by Crippen LogP contribution is 2.32. The fraction of sp³-hybridized carbons (Fsp3) is 0.571. The summed E-state index contributed by atoms with van der Waals surface area (Å²) < 4.78 is 0. The van der Waals surface area contributed by atoms with Gasteiger partial charge >= 0.3 is 0 Å². The first-order valence-corrected chi connectivity index (χ1v) is 7.69. The van der Waals surface area contributed by atoms with Crippen molar-refractivity contribution in [2.45, 2.75) is 44.6 Å². The van der Waals surface area contributed by atoms with E-state index in [1.807, 2.05) is 19.9 Å². The fourth-order valence-corrected chi connectivity index (χ4v) is 3.99. The molecule has 3 N–H and O–H groups in total. The molecule has 1 saturated carbocycles. The minimum atomic E-state index is 0.152. The van der Waals surface area contributed by atoms with E-state index >= 15 is 0 Å². The second-order valence-corrected chi connectivity index (χ2v) is 6.22. The minimum absolute atomic E-state index is 0.152. The summed E-state index contributed by atoms with van der Waals surface area (Å²) in [5.41, 5.74) is 8.53. The summed E-state index contributed by atoms with van der Waals surface area (Å²) in [6, 6.07) is 1.97. The van der Waals surface area contributed by atoms with Crippen molar-refractivity contribution >= 4 is 17.6 Å². The number of aromatic nitrogens is 1. The molecule has 5 heteroatoms. The third kappa shape index (κ3) is 3.41. The number of hydrogen-bond donors (Lipinski definition) is 2. The Morgan fingerprint density at radius 3 is 2.79 bits per heavy atom. The molecule has 1 aliphatic carbocycles. The summed E-state index contributed by atoms with van der Waals surface area (Å²) in [5.74, 6) is 2.01. The standard InChI is InChI=1S/C14H21N3OS/c1-9-7-10(2)16-14(12(9)13(15)17-18)19-8-11-5-3-4-6-11/h7,11,18H,3-6,8H2,1-2H3,(H2,15,17). The number of rotatable bonds is 4. The third-order valence-electron chi connectivity index (χ3n) is 3.61. The van der Waals surface area contributed by atoms with Crippen molar-refractivity contribution in [1.29, 1.82) is 0 Å². The average Bonchev–Trinajstić information content (AvgIpc) is 2.88. The molecule has 104 valence electrons. The van der Waals surface area contributed by atoms with Crippen molar-refractivity contribution in [1.82, 2.24) is 4.98 Å². The lowest BCUT2D eigenvalue weighted by Crippen LogP contribution is -2.17. The molecule has 0 saturated heterocycles. The molecule has 1 heterocycles. The SMILES string of the molecule is Cc1cc(C)c(C(N)=NO)c(SCC2CCCC2)n1. The van der Waals surface area contributed by atoms with E-state index in [9.17, 15) is 0 Å². The Labute approximate surface area is 118 Å². The van der Waals surface area contributed by atoms with Gasteiger partial charge in [0.15, 0.2) is 5.84 Å². The molecule has 0 bridgehead atoms. The van der Waals surface area contributed by atoms with Crippen LogP contribution in [0, 0.1) is 19.8 Å². The predicted molar refractivity (Wildman–Crippen MR) is 78.9 cm³/mol. The van der Waals surface area contributed by atoms with Crippen molar-refractivity contribution in [3.63, 3.8) is 0 Å². The molecule has 1 aromatic rings. The first kappa shape index (κ1) is 14.2. The van der Waals surface area contributed by atoms with Gasteiger partial charge in [0, 0.05) is 11.4 Å². The van der Waals surface area contributed by atoms with Gasteiger partial charge in [-0.3, -0.25) is 0 Å². The Bertz CT molecular complexity index is 482. The van der Waals surface area contributed by atoms with Crippen LogP contribution in [-0.4, -0.2) is 21.8 Å². The van der Waals surface area contributed by atoms with Gasteiger partial charge in [-0.05, 0) is 44.2 Å². The number of thioether (sulfide) groups is 1. The number of amidine groups is 1. The smallest absolute Gasteiger partial charge is 0.173 e. The van der Waals surface area contributed by atoms with E-state index < -0.39 is 0 Å². The van der Waals surface area contributed by atoms with Crippen LogP contribution in [0.1, 0.15) is 42.5 Å². The summed E-state index contributed by atoms with van der Waals surface area (Å²) >= 11 is 1.73. The Hall–Kier alpha value is -1.23. The molecule has 0 aliphatic heterocycles. The van der Waals surface area contributed by atoms with Gasteiger partial charge in [-0.15, -0.1) is 11.8 Å². The average molecular weight is 279 g/mol. The molecule has 0 atom stereocenters. The molecule has 2 rings (SSSR count). The van der Waals surface area contributed by atoms with E-state index in [-0.39, 0.29) is 5.84 Å². The first-order chi connectivity index (χ1) is 9.11. The van der Waals surface area contributed by atoms with Gasteiger partial charge in [-0.25, -0.2) is 4.98 Å². The largest absolute Gasteiger partial charge is 0.409 e. The van der Waals surface area contributed by atoms with E-state index in [4.69, 9.17) is 10.9 Å². The molecule has 19 heavy (non-hydrogen) atoms. The maximum atomic E-state index is 8.91. The van der Waals surface area contributed by atoms with Gasteiger partial charge < -0.3 is 10.9 Å². The summed E-state index contributed by atoms with van der Waals surface area (Å²) in [4.78, 5) is 4.55. The molecule has 0 spiro atoms. The number of nitrogens with two attached hydrogens (primary N) is 1. The summed E-state index contributed by atoms with van der Waals surface area (Å²) in [7, 11) is 0. The van der Waals surface area contributed by atoms with Crippen LogP contribution in [0.15, 0.2) is 16.2 Å². The van der Waals surface area contributed by atoms with Crippen molar-refractivity contribution in [2.75, 3.05) is 5.75 Å². The summed E-state index contributed by atoms with van der Waals surface area (Å²) in [5, 5.41) is 12.9. The molecule has 0 aromatic carbocycles. The number of pyridine rings is 1. The second-order valence-electron chi connectivity index (χ2n) is 5.21. The van der Waals surface area contributed by atoms with Crippen LogP contribution in [0.3, 0.4) is 0 Å². The van der Waals surface area contributed by atoms with Crippen molar-refractivity contribution in [3.8, 4) is 0 Å². The topological polar surface area (TPSA) is 71.5 Å². The Morgan fingerprint density at radius 1 is 1.47 bits per heavy atom. The zero-order chi connectivity index (χ0) is 13.8.